The van der Waals surface area contributed by atoms with Gasteiger partial charge in [0.15, 0.2) is 0 Å². The summed E-state index contributed by atoms with van der Waals surface area (Å²) in [5, 5.41) is 0. The SMILES string of the molecule is CCc1nc2ccc(Br)cn2c1C(=O)N(Cc1ccccc1)Cc1ccccc1. The zero-order valence-corrected chi connectivity index (χ0v) is 17.8. The summed E-state index contributed by atoms with van der Waals surface area (Å²) >= 11 is 3.52. The second kappa shape index (κ2) is 8.62. The number of hydrogen-bond acceptors (Lipinski definition) is 2. The largest absolute Gasteiger partial charge is 0.329 e. The number of aryl methyl sites for hydroxylation is 1. The summed E-state index contributed by atoms with van der Waals surface area (Å²) < 4.78 is 2.81. The van der Waals surface area contributed by atoms with Crippen molar-refractivity contribution in [2.45, 2.75) is 26.4 Å². The molecule has 2 aromatic heterocycles. The van der Waals surface area contributed by atoms with Gasteiger partial charge in [0.1, 0.15) is 11.3 Å². The highest BCUT2D eigenvalue weighted by molar-refractivity contribution is 9.10. The molecule has 0 atom stereocenters. The molecule has 0 radical (unpaired) electrons. The lowest BCUT2D eigenvalue weighted by Crippen LogP contribution is -2.31. The molecular formula is C24H22BrN3O. The molecule has 0 fully saturated rings. The maximum Gasteiger partial charge on any atom is 0.273 e. The van der Waals surface area contributed by atoms with Gasteiger partial charge in [0.05, 0.1) is 5.69 Å². The summed E-state index contributed by atoms with van der Waals surface area (Å²) in [4.78, 5) is 20.4. The van der Waals surface area contributed by atoms with Gasteiger partial charge in [-0.1, -0.05) is 67.6 Å². The highest BCUT2D eigenvalue weighted by atomic mass is 79.9. The lowest BCUT2D eigenvalue weighted by Gasteiger charge is -2.23. The van der Waals surface area contributed by atoms with Gasteiger partial charge in [-0.2, -0.15) is 0 Å². The van der Waals surface area contributed by atoms with Crippen LogP contribution in [0.3, 0.4) is 0 Å². The molecular weight excluding hydrogens is 426 g/mol. The monoisotopic (exact) mass is 447 g/mol. The van der Waals surface area contributed by atoms with Crippen molar-refractivity contribution in [2.24, 2.45) is 0 Å². The lowest BCUT2D eigenvalue weighted by molar-refractivity contribution is 0.0721. The number of carbonyl (C=O) groups excluding carboxylic acids is 1. The molecule has 1 amide bonds. The molecule has 0 aliphatic carbocycles. The predicted octanol–water partition coefficient (Wildman–Crippen LogP) is 5.50. The van der Waals surface area contributed by atoms with Crippen LogP contribution >= 0.6 is 15.9 Å². The van der Waals surface area contributed by atoms with Gasteiger partial charge in [0, 0.05) is 23.8 Å². The van der Waals surface area contributed by atoms with Crippen LogP contribution in [0.2, 0.25) is 0 Å². The van der Waals surface area contributed by atoms with Gasteiger partial charge in [-0.25, -0.2) is 4.98 Å². The molecule has 2 heterocycles. The normalized spacial score (nSPS) is 11.0. The maximum absolute atomic E-state index is 13.8. The Balaban J connectivity index is 1.76. The first-order valence-corrected chi connectivity index (χ1v) is 10.5. The fourth-order valence-corrected chi connectivity index (χ4v) is 3.83. The topological polar surface area (TPSA) is 37.6 Å². The number of fused-ring (bicyclic) bond motifs is 1. The summed E-state index contributed by atoms with van der Waals surface area (Å²) in [5.41, 5.74) is 4.44. The molecule has 2 aromatic carbocycles. The van der Waals surface area contributed by atoms with Crippen molar-refractivity contribution in [1.82, 2.24) is 14.3 Å². The number of aromatic nitrogens is 2. The van der Waals surface area contributed by atoms with Crippen LogP contribution in [0.4, 0.5) is 0 Å². The van der Waals surface area contributed by atoms with E-state index in [1.54, 1.807) is 0 Å². The zero-order chi connectivity index (χ0) is 20.2. The first kappa shape index (κ1) is 19.4. The van der Waals surface area contributed by atoms with Crippen LogP contribution in [0.25, 0.3) is 5.65 Å². The van der Waals surface area contributed by atoms with Crippen molar-refractivity contribution in [2.75, 3.05) is 0 Å². The Labute approximate surface area is 178 Å². The summed E-state index contributed by atoms with van der Waals surface area (Å²) in [7, 11) is 0. The number of carbonyl (C=O) groups is 1. The number of amides is 1. The van der Waals surface area contributed by atoms with Gasteiger partial charge >= 0.3 is 0 Å². The van der Waals surface area contributed by atoms with E-state index in [0.717, 1.165) is 26.9 Å². The molecule has 0 N–H and O–H groups in total. The highest BCUT2D eigenvalue weighted by Gasteiger charge is 2.24. The van der Waals surface area contributed by atoms with Gasteiger partial charge in [-0.05, 0) is 45.6 Å². The van der Waals surface area contributed by atoms with E-state index in [1.165, 1.54) is 0 Å². The first-order valence-electron chi connectivity index (χ1n) is 9.69. The van der Waals surface area contributed by atoms with Crippen LogP contribution in [0.15, 0.2) is 83.5 Å². The standard InChI is InChI=1S/C24H22BrN3O/c1-2-21-23(28-17-20(25)13-14-22(28)26-21)24(29)27(15-18-9-5-3-6-10-18)16-19-11-7-4-8-12-19/h3-14,17H,2,15-16H2,1H3. The average Bonchev–Trinajstić information content (AvgIpc) is 3.12. The van der Waals surface area contributed by atoms with Crippen LogP contribution < -0.4 is 0 Å². The second-order valence-electron chi connectivity index (χ2n) is 6.97. The molecule has 0 unspecified atom stereocenters. The minimum atomic E-state index is -0.0137. The Morgan fingerprint density at radius 2 is 1.52 bits per heavy atom. The van der Waals surface area contributed by atoms with E-state index in [0.29, 0.717) is 25.2 Å². The van der Waals surface area contributed by atoms with Crippen molar-refractivity contribution >= 4 is 27.5 Å². The van der Waals surface area contributed by atoms with Gasteiger partial charge < -0.3 is 4.90 Å². The first-order chi connectivity index (χ1) is 14.2. The quantitative estimate of drug-likeness (QED) is 0.391. The molecule has 0 saturated carbocycles. The van der Waals surface area contributed by atoms with Crippen LogP contribution in [-0.2, 0) is 19.5 Å². The summed E-state index contributed by atoms with van der Waals surface area (Å²) in [5.74, 6) is -0.0137. The van der Waals surface area contributed by atoms with Gasteiger partial charge in [-0.3, -0.25) is 9.20 Å². The number of hydrogen-bond donors (Lipinski definition) is 0. The smallest absolute Gasteiger partial charge is 0.273 e. The molecule has 0 bridgehead atoms. The summed E-state index contributed by atoms with van der Waals surface area (Å²) in [6, 6.07) is 24.1. The van der Waals surface area contributed by atoms with Crippen LogP contribution in [0.5, 0.6) is 0 Å². The van der Waals surface area contributed by atoms with Crippen LogP contribution in [0.1, 0.15) is 34.2 Å². The van der Waals surface area contributed by atoms with E-state index in [4.69, 9.17) is 0 Å². The molecule has 0 aliphatic rings. The lowest BCUT2D eigenvalue weighted by atomic mass is 10.1. The number of rotatable bonds is 6. The third-order valence-corrected chi connectivity index (χ3v) is 5.38. The van der Waals surface area contributed by atoms with Crippen LogP contribution in [0, 0.1) is 0 Å². The number of benzene rings is 2. The number of halogens is 1. The zero-order valence-electron chi connectivity index (χ0n) is 16.3. The summed E-state index contributed by atoms with van der Waals surface area (Å²) in [6.45, 7) is 3.12. The Kier molecular flexibility index (Phi) is 5.76. The fourth-order valence-electron chi connectivity index (χ4n) is 3.50. The minimum Gasteiger partial charge on any atom is -0.329 e. The van der Waals surface area contributed by atoms with Crippen molar-refractivity contribution in [3.63, 3.8) is 0 Å². The average molecular weight is 448 g/mol. The van der Waals surface area contributed by atoms with Gasteiger partial charge in [0.25, 0.3) is 5.91 Å². The summed E-state index contributed by atoms with van der Waals surface area (Å²) in [6.07, 6.45) is 2.61. The molecule has 0 aliphatic heterocycles. The van der Waals surface area contributed by atoms with Crippen molar-refractivity contribution in [3.8, 4) is 0 Å². The van der Waals surface area contributed by atoms with E-state index in [2.05, 4.69) is 45.2 Å². The van der Waals surface area contributed by atoms with E-state index in [-0.39, 0.29) is 5.91 Å². The molecule has 5 heteroatoms. The molecule has 4 nitrogen and oxygen atoms in total. The molecule has 0 saturated heterocycles. The van der Waals surface area contributed by atoms with Gasteiger partial charge in [0.2, 0.25) is 0 Å². The second-order valence-corrected chi connectivity index (χ2v) is 7.88. The fraction of sp³-hybridized carbons (Fsp3) is 0.167. The Morgan fingerprint density at radius 3 is 2.07 bits per heavy atom. The highest BCUT2D eigenvalue weighted by Crippen LogP contribution is 2.21. The van der Waals surface area contributed by atoms with Crippen molar-refractivity contribution < 1.29 is 4.79 Å². The third-order valence-electron chi connectivity index (χ3n) is 4.91. The molecule has 0 spiro atoms. The molecule has 29 heavy (non-hydrogen) atoms. The number of imidazole rings is 1. The number of pyridine rings is 1. The van der Waals surface area contributed by atoms with Crippen molar-refractivity contribution in [1.29, 1.82) is 0 Å². The maximum atomic E-state index is 13.8. The Morgan fingerprint density at radius 1 is 0.931 bits per heavy atom. The van der Waals surface area contributed by atoms with E-state index in [1.807, 2.05) is 71.0 Å². The Bertz CT molecular complexity index is 1080. The molecule has 4 rings (SSSR count). The van der Waals surface area contributed by atoms with E-state index in [9.17, 15) is 4.79 Å². The van der Waals surface area contributed by atoms with Gasteiger partial charge in [-0.15, -0.1) is 0 Å². The number of nitrogens with zero attached hydrogens (tertiary/aromatic N) is 3. The molecule has 146 valence electrons. The van der Waals surface area contributed by atoms with Crippen molar-refractivity contribution in [3.05, 3.63) is 106 Å². The van der Waals surface area contributed by atoms with E-state index >= 15 is 0 Å². The predicted molar refractivity (Wildman–Crippen MR) is 119 cm³/mol. The molecule has 4 aromatic rings. The Hall–Kier alpha value is -2.92. The third kappa shape index (κ3) is 4.25. The minimum absolute atomic E-state index is 0.0137. The van der Waals surface area contributed by atoms with E-state index < -0.39 is 0 Å². The van der Waals surface area contributed by atoms with Crippen LogP contribution in [-0.4, -0.2) is 20.2 Å².